The molecule has 100 valence electrons. The zero-order valence-corrected chi connectivity index (χ0v) is 11.9. The van der Waals surface area contributed by atoms with Crippen LogP contribution in [0.2, 0.25) is 0 Å². The molecule has 2 nitrogen and oxygen atoms in total. The van der Waals surface area contributed by atoms with Gasteiger partial charge >= 0.3 is 0 Å². The largest absolute Gasteiger partial charge is 0.378 e. The molecular formula is C16H26N2. The minimum absolute atomic E-state index is 0.739. The Morgan fingerprint density at radius 3 is 2.44 bits per heavy atom. The summed E-state index contributed by atoms with van der Waals surface area (Å²) in [6.45, 7) is 3.32. The van der Waals surface area contributed by atoms with Crippen molar-refractivity contribution >= 4 is 5.69 Å². The van der Waals surface area contributed by atoms with Crippen molar-refractivity contribution in [2.75, 3.05) is 19.0 Å². The van der Waals surface area contributed by atoms with E-state index in [-0.39, 0.29) is 0 Å². The lowest BCUT2D eigenvalue weighted by atomic mass is 10.1. The van der Waals surface area contributed by atoms with Crippen LogP contribution in [0.25, 0.3) is 0 Å². The van der Waals surface area contributed by atoms with E-state index in [9.17, 15) is 0 Å². The average Bonchev–Trinajstić information content (AvgIpc) is 2.85. The molecule has 1 aromatic carbocycles. The quantitative estimate of drug-likeness (QED) is 0.856. The van der Waals surface area contributed by atoms with E-state index in [1.807, 2.05) is 0 Å². The predicted molar refractivity (Wildman–Crippen MR) is 79.0 cm³/mol. The Labute approximate surface area is 111 Å². The number of nitrogens with one attached hydrogen (secondary N) is 1. The van der Waals surface area contributed by atoms with E-state index in [4.69, 9.17) is 0 Å². The predicted octanol–water partition coefficient (Wildman–Crippen LogP) is 3.42. The third-order valence-electron chi connectivity index (χ3n) is 4.17. The summed E-state index contributed by atoms with van der Waals surface area (Å²) in [5.41, 5.74) is 2.66. The summed E-state index contributed by atoms with van der Waals surface area (Å²) in [6.07, 6.45) is 5.48. The first-order chi connectivity index (χ1) is 8.69. The molecule has 1 aliphatic rings. The van der Waals surface area contributed by atoms with Gasteiger partial charge in [-0.3, -0.25) is 0 Å². The molecule has 1 N–H and O–H groups in total. The normalized spacial score (nSPS) is 23.3. The molecule has 0 spiro atoms. The molecule has 0 saturated heterocycles. The monoisotopic (exact) mass is 246 g/mol. The highest BCUT2D eigenvalue weighted by Gasteiger charge is 2.22. The van der Waals surface area contributed by atoms with Gasteiger partial charge in [0.1, 0.15) is 0 Å². The van der Waals surface area contributed by atoms with Crippen LogP contribution >= 0.6 is 0 Å². The third kappa shape index (κ3) is 3.49. The van der Waals surface area contributed by atoms with Gasteiger partial charge in [-0.25, -0.2) is 0 Å². The second kappa shape index (κ2) is 6.24. The molecule has 1 aromatic rings. The second-order valence-corrected chi connectivity index (χ2v) is 5.73. The number of hydrogen-bond donors (Lipinski definition) is 1. The maximum absolute atomic E-state index is 3.70. The zero-order chi connectivity index (χ0) is 13.0. The number of hydrogen-bond acceptors (Lipinski definition) is 2. The van der Waals surface area contributed by atoms with Crippen LogP contribution in [0, 0.1) is 5.92 Å². The van der Waals surface area contributed by atoms with E-state index >= 15 is 0 Å². The molecule has 0 radical (unpaired) electrons. The highest BCUT2D eigenvalue weighted by molar-refractivity contribution is 5.45. The zero-order valence-electron chi connectivity index (χ0n) is 11.9. The van der Waals surface area contributed by atoms with Crippen molar-refractivity contribution in [3.05, 3.63) is 29.8 Å². The second-order valence-electron chi connectivity index (χ2n) is 5.73. The van der Waals surface area contributed by atoms with Crippen molar-refractivity contribution in [1.82, 2.24) is 5.32 Å². The molecule has 0 bridgehead atoms. The van der Waals surface area contributed by atoms with Gasteiger partial charge in [-0.15, -0.1) is 0 Å². The van der Waals surface area contributed by atoms with Crippen molar-refractivity contribution in [2.24, 2.45) is 5.92 Å². The number of anilines is 1. The summed E-state index contributed by atoms with van der Waals surface area (Å²) < 4.78 is 0. The highest BCUT2D eigenvalue weighted by atomic mass is 15.1. The van der Waals surface area contributed by atoms with Crippen molar-refractivity contribution in [3.8, 4) is 0 Å². The fourth-order valence-corrected chi connectivity index (χ4v) is 2.81. The van der Waals surface area contributed by atoms with E-state index < -0.39 is 0 Å². The molecule has 2 unspecified atom stereocenters. The van der Waals surface area contributed by atoms with Gasteiger partial charge in [-0.1, -0.05) is 25.5 Å². The molecule has 1 aliphatic carbocycles. The molecule has 2 rings (SSSR count). The molecule has 18 heavy (non-hydrogen) atoms. The van der Waals surface area contributed by atoms with Crippen molar-refractivity contribution < 1.29 is 0 Å². The van der Waals surface area contributed by atoms with Gasteiger partial charge in [-0.2, -0.15) is 0 Å². The summed E-state index contributed by atoms with van der Waals surface area (Å²) >= 11 is 0. The van der Waals surface area contributed by atoms with Gasteiger partial charge in [0.2, 0.25) is 0 Å². The number of benzene rings is 1. The molecule has 2 atom stereocenters. The molecule has 2 heteroatoms. The van der Waals surface area contributed by atoms with Crippen molar-refractivity contribution in [2.45, 2.75) is 45.2 Å². The molecule has 0 amide bonds. The molecule has 0 aromatic heterocycles. The molecule has 0 aliphatic heterocycles. The SMILES string of the molecule is CCC1CCC(NCc2ccc(N(C)C)cc2)C1. The lowest BCUT2D eigenvalue weighted by Gasteiger charge is -2.15. The van der Waals surface area contributed by atoms with Gasteiger partial charge in [0, 0.05) is 32.4 Å². The number of nitrogens with zero attached hydrogens (tertiary/aromatic N) is 1. The topological polar surface area (TPSA) is 15.3 Å². The van der Waals surface area contributed by atoms with E-state index in [1.165, 1.54) is 36.9 Å². The fraction of sp³-hybridized carbons (Fsp3) is 0.625. The Morgan fingerprint density at radius 2 is 1.89 bits per heavy atom. The van der Waals surface area contributed by atoms with E-state index in [2.05, 4.69) is 55.5 Å². The van der Waals surface area contributed by atoms with Crippen LogP contribution in [0.3, 0.4) is 0 Å². The van der Waals surface area contributed by atoms with Crippen LogP contribution in [0.15, 0.2) is 24.3 Å². The lowest BCUT2D eigenvalue weighted by Crippen LogP contribution is -2.25. The fourth-order valence-electron chi connectivity index (χ4n) is 2.81. The van der Waals surface area contributed by atoms with Crippen LogP contribution in [0.5, 0.6) is 0 Å². The molecule has 1 fully saturated rings. The third-order valence-corrected chi connectivity index (χ3v) is 4.17. The Kier molecular flexibility index (Phi) is 4.65. The first kappa shape index (κ1) is 13.4. The summed E-state index contributed by atoms with van der Waals surface area (Å²) in [6, 6.07) is 9.59. The Morgan fingerprint density at radius 1 is 1.17 bits per heavy atom. The Balaban J connectivity index is 1.80. The van der Waals surface area contributed by atoms with E-state index in [0.29, 0.717) is 0 Å². The van der Waals surface area contributed by atoms with Gasteiger partial charge in [0.15, 0.2) is 0 Å². The van der Waals surface area contributed by atoms with Crippen LogP contribution in [0.1, 0.15) is 38.2 Å². The van der Waals surface area contributed by atoms with Crippen LogP contribution in [-0.2, 0) is 6.54 Å². The van der Waals surface area contributed by atoms with Crippen molar-refractivity contribution in [3.63, 3.8) is 0 Å². The lowest BCUT2D eigenvalue weighted by molar-refractivity contribution is 0.477. The van der Waals surface area contributed by atoms with Gasteiger partial charge in [0.05, 0.1) is 0 Å². The van der Waals surface area contributed by atoms with Gasteiger partial charge in [0.25, 0.3) is 0 Å². The molecule has 0 heterocycles. The van der Waals surface area contributed by atoms with E-state index in [1.54, 1.807) is 0 Å². The first-order valence-corrected chi connectivity index (χ1v) is 7.18. The van der Waals surface area contributed by atoms with Gasteiger partial charge < -0.3 is 10.2 Å². The maximum atomic E-state index is 3.70. The first-order valence-electron chi connectivity index (χ1n) is 7.18. The molecule has 1 saturated carbocycles. The minimum atomic E-state index is 0.739. The van der Waals surface area contributed by atoms with Crippen LogP contribution in [0.4, 0.5) is 5.69 Å². The number of rotatable bonds is 5. The smallest absolute Gasteiger partial charge is 0.0361 e. The molecular weight excluding hydrogens is 220 g/mol. The summed E-state index contributed by atoms with van der Waals surface area (Å²) in [5.74, 6) is 0.957. The van der Waals surface area contributed by atoms with Crippen molar-refractivity contribution in [1.29, 1.82) is 0 Å². The van der Waals surface area contributed by atoms with E-state index in [0.717, 1.165) is 18.5 Å². The summed E-state index contributed by atoms with van der Waals surface area (Å²) in [7, 11) is 4.16. The van der Waals surface area contributed by atoms with Crippen LogP contribution in [-0.4, -0.2) is 20.1 Å². The standard InChI is InChI=1S/C16H26N2/c1-4-13-5-8-15(11-13)17-12-14-6-9-16(10-7-14)18(2)3/h6-7,9-10,13,15,17H,4-5,8,11-12H2,1-3H3. The maximum Gasteiger partial charge on any atom is 0.0361 e. The Bertz CT molecular complexity index is 356. The summed E-state index contributed by atoms with van der Waals surface area (Å²) in [4.78, 5) is 2.14. The minimum Gasteiger partial charge on any atom is -0.378 e. The highest BCUT2D eigenvalue weighted by Crippen LogP contribution is 2.28. The van der Waals surface area contributed by atoms with Crippen LogP contribution < -0.4 is 10.2 Å². The summed E-state index contributed by atoms with van der Waals surface area (Å²) in [5, 5.41) is 3.70. The Hall–Kier alpha value is -1.02. The average molecular weight is 246 g/mol. The van der Waals surface area contributed by atoms with Gasteiger partial charge in [-0.05, 0) is 42.9 Å².